The molecule has 1 atom stereocenters. The molecule has 0 aromatic heterocycles. The highest BCUT2D eigenvalue weighted by Crippen LogP contribution is 2.23. The predicted molar refractivity (Wildman–Crippen MR) is 113 cm³/mol. The summed E-state index contributed by atoms with van der Waals surface area (Å²) in [6.07, 6.45) is 1.06. The van der Waals surface area contributed by atoms with Crippen molar-refractivity contribution in [2.45, 2.75) is 19.4 Å². The zero-order valence-corrected chi connectivity index (χ0v) is 17.1. The smallest absolute Gasteiger partial charge is 0.188 e. The molecule has 2 aliphatic heterocycles. The van der Waals surface area contributed by atoms with Crippen LogP contribution in [0.5, 0.6) is 0 Å². The van der Waals surface area contributed by atoms with E-state index in [-0.39, 0.29) is 6.04 Å². The molecule has 2 aliphatic rings. The van der Waals surface area contributed by atoms with Crippen LogP contribution in [0.25, 0.3) is 0 Å². The Bertz CT molecular complexity index is 613. The second-order valence-electron chi connectivity index (χ2n) is 7.54. The Morgan fingerprint density at radius 2 is 1.86 bits per heavy atom. The Balaban J connectivity index is 1.49. The molecule has 0 bridgehead atoms. The SMILES string of the molecule is Cc1cccc(C(CN=C(N)NCCCN2CCOCC2)N2CCOCC2)c1. The van der Waals surface area contributed by atoms with E-state index in [2.05, 4.69) is 51.3 Å². The highest BCUT2D eigenvalue weighted by molar-refractivity contribution is 5.77. The van der Waals surface area contributed by atoms with E-state index in [9.17, 15) is 0 Å². The molecular formula is C21H35N5O2. The van der Waals surface area contributed by atoms with Gasteiger partial charge in [0.05, 0.1) is 39.0 Å². The Hall–Kier alpha value is -1.67. The number of aryl methyl sites for hydroxylation is 1. The van der Waals surface area contributed by atoms with Crippen LogP contribution in [-0.2, 0) is 9.47 Å². The minimum atomic E-state index is 0.234. The van der Waals surface area contributed by atoms with Crippen LogP contribution in [0, 0.1) is 6.92 Å². The van der Waals surface area contributed by atoms with Gasteiger partial charge < -0.3 is 20.5 Å². The number of benzene rings is 1. The fourth-order valence-corrected chi connectivity index (χ4v) is 3.78. The van der Waals surface area contributed by atoms with E-state index in [4.69, 9.17) is 15.2 Å². The Kier molecular flexibility index (Phi) is 8.54. The van der Waals surface area contributed by atoms with Crippen molar-refractivity contribution in [3.63, 3.8) is 0 Å². The zero-order chi connectivity index (χ0) is 19.6. The van der Waals surface area contributed by atoms with Crippen molar-refractivity contribution in [1.82, 2.24) is 15.1 Å². The highest BCUT2D eigenvalue weighted by atomic mass is 16.5. The Morgan fingerprint density at radius 1 is 1.14 bits per heavy atom. The van der Waals surface area contributed by atoms with Crippen molar-refractivity contribution in [2.75, 3.05) is 72.2 Å². The summed E-state index contributed by atoms with van der Waals surface area (Å²) in [5, 5.41) is 3.27. The minimum absolute atomic E-state index is 0.234. The second kappa shape index (κ2) is 11.4. The molecule has 0 radical (unpaired) electrons. The van der Waals surface area contributed by atoms with E-state index in [0.717, 1.165) is 72.1 Å². The van der Waals surface area contributed by atoms with Gasteiger partial charge in [0.15, 0.2) is 5.96 Å². The van der Waals surface area contributed by atoms with E-state index in [1.54, 1.807) is 0 Å². The van der Waals surface area contributed by atoms with Crippen molar-refractivity contribution >= 4 is 5.96 Å². The lowest BCUT2D eigenvalue weighted by Crippen LogP contribution is -2.41. The molecule has 28 heavy (non-hydrogen) atoms. The third-order valence-electron chi connectivity index (χ3n) is 5.41. The largest absolute Gasteiger partial charge is 0.379 e. The van der Waals surface area contributed by atoms with Gasteiger partial charge in [-0.05, 0) is 25.5 Å². The van der Waals surface area contributed by atoms with Crippen LogP contribution in [0.4, 0.5) is 0 Å². The summed E-state index contributed by atoms with van der Waals surface area (Å²) in [6.45, 7) is 11.9. The predicted octanol–water partition coefficient (Wildman–Crippen LogP) is 0.995. The lowest BCUT2D eigenvalue weighted by molar-refractivity contribution is 0.0179. The molecule has 1 aromatic rings. The maximum absolute atomic E-state index is 6.14. The number of rotatable bonds is 8. The molecule has 0 spiro atoms. The molecule has 3 rings (SSSR count). The number of nitrogens with two attached hydrogens (primary N) is 1. The standard InChI is InChI=1S/C21H35N5O2/c1-18-4-2-5-19(16-18)20(26-10-14-28-15-11-26)17-24-21(22)23-6-3-7-25-8-12-27-13-9-25/h2,4-5,16,20H,3,6-15,17H2,1H3,(H3,22,23,24). The molecule has 1 unspecified atom stereocenters. The highest BCUT2D eigenvalue weighted by Gasteiger charge is 2.22. The maximum atomic E-state index is 6.14. The van der Waals surface area contributed by atoms with Gasteiger partial charge >= 0.3 is 0 Å². The van der Waals surface area contributed by atoms with Crippen LogP contribution in [0.3, 0.4) is 0 Å². The van der Waals surface area contributed by atoms with Gasteiger partial charge in [-0.15, -0.1) is 0 Å². The fraction of sp³-hybridized carbons (Fsp3) is 0.667. The van der Waals surface area contributed by atoms with Gasteiger partial charge in [-0.1, -0.05) is 29.8 Å². The van der Waals surface area contributed by atoms with E-state index in [0.29, 0.717) is 12.5 Å². The molecule has 3 N–H and O–H groups in total. The second-order valence-corrected chi connectivity index (χ2v) is 7.54. The topological polar surface area (TPSA) is 75.3 Å². The molecule has 2 fully saturated rings. The average Bonchev–Trinajstić information content (AvgIpc) is 2.73. The third kappa shape index (κ3) is 6.74. The molecule has 0 amide bonds. The summed E-state index contributed by atoms with van der Waals surface area (Å²) in [6, 6.07) is 8.93. The first-order valence-corrected chi connectivity index (χ1v) is 10.4. The molecule has 156 valence electrons. The molecule has 0 aliphatic carbocycles. The van der Waals surface area contributed by atoms with E-state index in [1.807, 2.05) is 0 Å². The molecule has 7 nitrogen and oxygen atoms in total. The fourth-order valence-electron chi connectivity index (χ4n) is 3.78. The van der Waals surface area contributed by atoms with Crippen LogP contribution in [0.1, 0.15) is 23.6 Å². The summed E-state index contributed by atoms with van der Waals surface area (Å²) >= 11 is 0. The summed E-state index contributed by atoms with van der Waals surface area (Å²) in [5.41, 5.74) is 8.71. The summed E-state index contributed by atoms with van der Waals surface area (Å²) in [4.78, 5) is 9.54. The van der Waals surface area contributed by atoms with Crippen LogP contribution in [0.15, 0.2) is 29.3 Å². The van der Waals surface area contributed by atoms with Gasteiger partial charge in [-0.25, -0.2) is 0 Å². The lowest BCUT2D eigenvalue weighted by atomic mass is 10.0. The Morgan fingerprint density at radius 3 is 2.57 bits per heavy atom. The van der Waals surface area contributed by atoms with Gasteiger partial charge in [0.25, 0.3) is 0 Å². The van der Waals surface area contributed by atoms with Crippen LogP contribution in [-0.4, -0.2) is 88.0 Å². The first-order valence-electron chi connectivity index (χ1n) is 10.4. The van der Waals surface area contributed by atoms with Crippen LogP contribution >= 0.6 is 0 Å². The van der Waals surface area contributed by atoms with E-state index in [1.165, 1.54) is 11.1 Å². The molecular weight excluding hydrogens is 354 g/mol. The quantitative estimate of drug-likeness (QED) is 0.392. The normalized spacial score (nSPS) is 20.8. The monoisotopic (exact) mass is 389 g/mol. The van der Waals surface area contributed by atoms with E-state index < -0.39 is 0 Å². The molecule has 0 saturated carbocycles. The third-order valence-corrected chi connectivity index (χ3v) is 5.41. The van der Waals surface area contributed by atoms with Gasteiger partial charge in [-0.2, -0.15) is 0 Å². The summed E-state index contributed by atoms with van der Waals surface area (Å²) in [5.74, 6) is 0.535. The van der Waals surface area contributed by atoms with Crippen molar-refractivity contribution in [3.8, 4) is 0 Å². The number of hydrogen-bond donors (Lipinski definition) is 2. The molecule has 7 heteroatoms. The number of hydrogen-bond acceptors (Lipinski definition) is 5. The van der Waals surface area contributed by atoms with Gasteiger partial charge in [-0.3, -0.25) is 14.8 Å². The summed E-state index contributed by atoms with van der Waals surface area (Å²) in [7, 11) is 0. The number of guanidine groups is 1. The van der Waals surface area contributed by atoms with Crippen LogP contribution < -0.4 is 11.1 Å². The molecule has 1 aromatic carbocycles. The molecule has 2 saturated heterocycles. The van der Waals surface area contributed by atoms with Crippen molar-refractivity contribution in [1.29, 1.82) is 0 Å². The maximum Gasteiger partial charge on any atom is 0.188 e. The number of morpholine rings is 2. The van der Waals surface area contributed by atoms with Crippen molar-refractivity contribution in [2.24, 2.45) is 10.7 Å². The summed E-state index contributed by atoms with van der Waals surface area (Å²) < 4.78 is 10.9. The average molecular weight is 390 g/mol. The molecule has 2 heterocycles. The number of aliphatic imine (C=N–C) groups is 1. The number of nitrogens with zero attached hydrogens (tertiary/aromatic N) is 3. The first-order chi connectivity index (χ1) is 13.7. The van der Waals surface area contributed by atoms with Gasteiger partial charge in [0, 0.05) is 32.7 Å². The zero-order valence-electron chi connectivity index (χ0n) is 17.1. The lowest BCUT2D eigenvalue weighted by Gasteiger charge is -2.34. The van der Waals surface area contributed by atoms with Gasteiger partial charge in [0.1, 0.15) is 0 Å². The number of ether oxygens (including phenoxy) is 2. The van der Waals surface area contributed by atoms with E-state index >= 15 is 0 Å². The Labute approximate surface area is 168 Å². The van der Waals surface area contributed by atoms with Gasteiger partial charge in [0.2, 0.25) is 0 Å². The minimum Gasteiger partial charge on any atom is -0.379 e. The van der Waals surface area contributed by atoms with Crippen molar-refractivity contribution in [3.05, 3.63) is 35.4 Å². The van der Waals surface area contributed by atoms with Crippen molar-refractivity contribution < 1.29 is 9.47 Å². The number of nitrogens with one attached hydrogen (secondary N) is 1. The first kappa shape index (κ1) is 21.0. The van der Waals surface area contributed by atoms with Crippen LogP contribution in [0.2, 0.25) is 0 Å².